The van der Waals surface area contributed by atoms with Crippen LogP contribution in [-0.4, -0.2) is 56.0 Å². The summed E-state index contributed by atoms with van der Waals surface area (Å²) in [6.07, 6.45) is 2.03. The van der Waals surface area contributed by atoms with Crippen molar-refractivity contribution in [3.05, 3.63) is 11.6 Å². The highest BCUT2D eigenvalue weighted by Crippen LogP contribution is 2.41. The topological polar surface area (TPSA) is 64.8 Å². The van der Waals surface area contributed by atoms with Crippen LogP contribution in [0, 0.1) is 0 Å². The molecule has 2 aliphatic rings. The summed E-state index contributed by atoms with van der Waals surface area (Å²) in [6, 6.07) is -0.0294. The Morgan fingerprint density at radius 1 is 1.44 bits per heavy atom. The lowest BCUT2D eigenvalue weighted by Gasteiger charge is -2.19. The molecule has 0 aromatic heterocycles. The highest BCUT2D eigenvalue weighted by molar-refractivity contribution is 5.90. The number of carbonyl (C=O) groups excluding carboxylic acids is 2. The lowest BCUT2D eigenvalue weighted by Crippen LogP contribution is -2.29. The maximum atomic E-state index is 11.5. The molecular weight excluding hydrogens is 238 g/mol. The third kappa shape index (κ3) is 2.26. The molecule has 1 saturated heterocycles. The molecule has 1 unspecified atom stereocenters. The number of esters is 1. The number of hydrogen-bond donors (Lipinski definition) is 0. The molecule has 0 N–H and O–H groups in total. The summed E-state index contributed by atoms with van der Waals surface area (Å²) in [7, 11) is 2.88. The van der Waals surface area contributed by atoms with E-state index in [1.807, 2.05) is 0 Å². The predicted molar refractivity (Wildman–Crippen MR) is 61.6 cm³/mol. The SMILES string of the molecule is COCO[C@@H]1CC(C(=O)OC)=CC2[C@@H]1N2C(C)=O. The van der Waals surface area contributed by atoms with Crippen LogP contribution in [0.4, 0.5) is 0 Å². The Kier molecular flexibility index (Phi) is 3.68. The molecule has 0 spiro atoms. The maximum Gasteiger partial charge on any atom is 0.333 e. The predicted octanol–water partition coefficient (Wildman–Crippen LogP) is 0.0779. The van der Waals surface area contributed by atoms with Gasteiger partial charge in [-0.2, -0.15) is 0 Å². The van der Waals surface area contributed by atoms with Crippen molar-refractivity contribution >= 4 is 11.9 Å². The molecule has 0 aromatic rings. The van der Waals surface area contributed by atoms with Crippen LogP contribution in [0.2, 0.25) is 0 Å². The fourth-order valence-corrected chi connectivity index (χ4v) is 2.47. The van der Waals surface area contributed by atoms with E-state index in [0.29, 0.717) is 12.0 Å². The second-order valence-electron chi connectivity index (χ2n) is 4.41. The van der Waals surface area contributed by atoms with E-state index in [4.69, 9.17) is 14.2 Å². The number of nitrogens with zero attached hydrogens (tertiary/aromatic N) is 1. The van der Waals surface area contributed by atoms with Crippen molar-refractivity contribution < 1.29 is 23.8 Å². The van der Waals surface area contributed by atoms with Gasteiger partial charge in [0.1, 0.15) is 6.79 Å². The number of methoxy groups -OCH3 is 2. The van der Waals surface area contributed by atoms with E-state index in [1.165, 1.54) is 21.1 Å². The molecule has 1 amide bonds. The monoisotopic (exact) mass is 255 g/mol. The molecule has 2 rings (SSSR count). The molecule has 1 heterocycles. The van der Waals surface area contributed by atoms with E-state index in [9.17, 15) is 9.59 Å². The van der Waals surface area contributed by atoms with Gasteiger partial charge in [0.25, 0.3) is 0 Å². The zero-order chi connectivity index (χ0) is 13.3. The third-order valence-electron chi connectivity index (χ3n) is 3.29. The van der Waals surface area contributed by atoms with Gasteiger partial charge in [0.15, 0.2) is 0 Å². The van der Waals surface area contributed by atoms with Gasteiger partial charge in [-0.1, -0.05) is 0 Å². The number of fused-ring (bicyclic) bond motifs is 1. The molecule has 0 radical (unpaired) electrons. The second-order valence-corrected chi connectivity index (χ2v) is 4.41. The standard InChI is InChI=1S/C12H17NO5/c1-7(14)13-9-4-8(12(15)17-3)5-10(11(9)13)18-6-16-2/h4,9-11H,5-6H2,1-3H3/t9?,10-,11+,13?/m1/s1. The molecule has 1 fully saturated rings. The third-order valence-corrected chi connectivity index (χ3v) is 3.29. The van der Waals surface area contributed by atoms with Crippen LogP contribution < -0.4 is 0 Å². The Hall–Kier alpha value is -1.40. The van der Waals surface area contributed by atoms with Crippen LogP contribution in [-0.2, 0) is 23.8 Å². The molecule has 0 saturated carbocycles. The molecule has 1 aliphatic carbocycles. The molecule has 0 bridgehead atoms. The number of rotatable bonds is 4. The first kappa shape index (κ1) is 13.0. The Bertz CT molecular complexity index is 392. The maximum absolute atomic E-state index is 11.5. The largest absolute Gasteiger partial charge is 0.466 e. The Balaban J connectivity index is 2.12. The van der Waals surface area contributed by atoms with E-state index in [-0.39, 0.29) is 36.9 Å². The Morgan fingerprint density at radius 3 is 2.72 bits per heavy atom. The van der Waals surface area contributed by atoms with E-state index in [1.54, 1.807) is 11.0 Å². The number of amides is 1. The fourth-order valence-electron chi connectivity index (χ4n) is 2.47. The quantitative estimate of drug-likeness (QED) is 0.404. The van der Waals surface area contributed by atoms with Crippen LogP contribution in [0.5, 0.6) is 0 Å². The van der Waals surface area contributed by atoms with Crippen LogP contribution in [0.15, 0.2) is 11.6 Å². The zero-order valence-electron chi connectivity index (χ0n) is 10.7. The molecule has 1 aliphatic heterocycles. The summed E-state index contributed by atoms with van der Waals surface area (Å²) in [4.78, 5) is 24.7. The molecular formula is C12H17NO5. The second kappa shape index (κ2) is 5.07. The van der Waals surface area contributed by atoms with Crippen LogP contribution in [0.25, 0.3) is 0 Å². The first-order chi connectivity index (χ1) is 8.60. The Morgan fingerprint density at radius 2 is 2.17 bits per heavy atom. The summed E-state index contributed by atoms with van der Waals surface area (Å²) >= 11 is 0. The zero-order valence-corrected chi connectivity index (χ0v) is 10.7. The van der Waals surface area contributed by atoms with Crippen LogP contribution in [0.1, 0.15) is 13.3 Å². The first-order valence-corrected chi connectivity index (χ1v) is 5.78. The molecule has 6 nitrogen and oxygen atoms in total. The average Bonchev–Trinajstić information content (AvgIpc) is 3.09. The van der Waals surface area contributed by atoms with Crippen molar-refractivity contribution in [2.45, 2.75) is 31.5 Å². The lowest BCUT2D eigenvalue weighted by atomic mass is 9.97. The van der Waals surface area contributed by atoms with E-state index in [0.717, 1.165) is 0 Å². The van der Waals surface area contributed by atoms with Crippen LogP contribution in [0.3, 0.4) is 0 Å². The molecule has 6 heteroatoms. The average molecular weight is 255 g/mol. The Labute approximate surface area is 105 Å². The minimum absolute atomic E-state index is 0.0154. The minimum atomic E-state index is -0.366. The van der Waals surface area contributed by atoms with E-state index < -0.39 is 0 Å². The summed E-state index contributed by atoms with van der Waals surface area (Å²) in [6.45, 7) is 1.66. The summed E-state index contributed by atoms with van der Waals surface area (Å²) in [5, 5.41) is 0. The van der Waals surface area contributed by atoms with E-state index >= 15 is 0 Å². The van der Waals surface area contributed by atoms with Gasteiger partial charge in [0.2, 0.25) is 5.91 Å². The van der Waals surface area contributed by atoms with Gasteiger partial charge in [-0.3, -0.25) is 4.79 Å². The lowest BCUT2D eigenvalue weighted by molar-refractivity contribution is -0.137. The van der Waals surface area contributed by atoms with Gasteiger partial charge in [-0.05, 0) is 6.08 Å². The van der Waals surface area contributed by atoms with Crippen molar-refractivity contribution in [3.63, 3.8) is 0 Å². The molecule has 100 valence electrons. The van der Waals surface area contributed by atoms with Crippen molar-refractivity contribution in [2.24, 2.45) is 0 Å². The van der Waals surface area contributed by atoms with Crippen molar-refractivity contribution in [1.82, 2.24) is 4.90 Å². The highest BCUT2D eigenvalue weighted by Gasteiger charge is 2.56. The molecule has 0 aromatic carbocycles. The van der Waals surface area contributed by atoms with Crippen molar-refractivity contribution in [3.8, 4) is 0 Å². The summed E-state index contributed by atoms with van der Waals surface area (Å²) < 4.78 is 15.1. The minimum Gasteiger partial charge on any atom is -0.466 e. The molecule has 3 atom stereocenters. The normalized spacial score (nSPS) is 29.4. The fraction of sp³-hybridized carbons (Fsp3) is 0.667. The smallest absolute Gasteiger partial charge is 0.333 e. The first-order valence-electron chi connectivity index (χ1n) is 5.78. The van der Waals surface area contributed by atoms with Crippen molar-refractivity contribution in [1.29, 1.82) is 0 Å². The number of carbonyl (C=O) groups is 2. The van der Waals surface area contributed by atoms with Crippen molar-refractivity contribution in [2.75, 3.05) is 21.0 Å². The highest BCUT2D eigenvalue weighted by atomic mass is 16.7. The van der Waals surface area contributed by atoms with E-state index in [2.05, 4.69) is 0 Å². The number of ether oxygens (including phenoxy) is 3. The summed E-state index contributed by atoms with van der Waals surface area (Å²) in [5.74, 6) is -0.381. The summed E-state index contributed by atoms with van der Waals surface area (Å²) in [5.41, 5.74) is 0.559. The van der Waals surface area contributed by atoms with Gasteiger partial charge in [-0.15, -0.1) is 0 Å². The van der Waals surface area contributed by atoms with Gasteiger partial charge >= 0.3 is 5.97 Å². The van der Waals surface area contributed by atoms with Gasteiger partial charge in [0.05, 0.1) is 25.3 Å². The molecule has 18 heavy (non-hydrogen) atoms. The van der Waals surface area contributed by atoms with Gasteiger partial charge < -0.3 is 19.1 Å². The number of hydrogen-bond acceptors (Lipinski definition) is 5. The van der Waals surface area contributed by atoms with Gasteiger partial charge in [-0.25, -0.2) is 4.79 Å². The van der Waals surface area contributed by atoms with Crippen LogP contribution >= 0.6 is 0 Å². The van der Waals surface area contributed by atoms with Gasteiger partial charge in [0, 0.05) is 26.0 Å².